The van der Waals surface area contributed by atoms with Gasteiger partial charge < -0.3 is 0 Å². The minimum atomic E-state index is -3.53. The molecule has 1 saturated carbocycles. The van der Waals surface area contributed by atoms with Crippen LogP contribution in [0.1, 0.15) is 45.6 Å². The Morgan fingerprint density at radius 3 is 2.59 bits per heavy atom. The van der Waals surface area contributed by atoms with Gasteiger partial charge in [0.15, 0.2) is 0 Å². The first-order valence-corrected chi connectivity index (χ1v) is 9.62. The van der Waals surface area contributed by atoms with Crippen molar-refractivity contribution in [3.63, 3.8) is 0 Å². The maximum atomic E-state index is 13.1. The van der Waals surface area contributed by atoms with E-state index in [1.54, 1.807) is 16.4 Å². The molecule has 1 aliphatic carbocycles. The lowest BCUT2D eigenvalue weighted by molar-refractivity contribution is 0.133. The van der Waals surface area contributed by atoms with Crippen LogP contribution in [0.2, 0.25) is 5.02 Å². The van der Waals surface area contributed by atoms with Gasteiger partial charge in [-0.05, 0) is 54.7 Å². The van der Waals surface area contributed by atoms with Crippen molar-refractivity contribution in [1.82, 2.24) is 4.31 Å². The molecular weight excluding hydrogens is 318 g/mol. The summed E-state index contributed by atoms with van der Waals surface area (Å²) < 4.78 is 28.0. The van der Waals surface area contributed by atoms with Crippen LogP contribution in [0.15, 0.2) is 23.1 Å². The molecule has 2 aliphatic rings. The highest BCUT2D eigenvalue weighted by atomic mass is 35.5. The van der Waals surface area contributed by atoms with Crippen LogP contribution < -0.4 is 0 Å². The molecule has 2 atom stereocenters. The number of hydrogen-bond acceptors (Lipinski definition) is 2. The number of benzene rings is 1. The monoisotopic (exact) mass is 341 g/mol. The van der Waals surface area contributed by atoms with E-state index in [4.69, 9.17) is 11.6 Å². The molecular formula is C17H24ClNO2S. The lowest BCUT2D eigenvalue weighted by Gasteiger charge is -2.39. The van der Waals surface area contributed by atoms with Gasteiger partial charge in [0, 0.05) is 12.6 Å². The van der Waals surface area contributed by atoms with Crippen LogP contribution in [0.25, 0.3) is 0 Å². The van der Waals surface area contributed by atoms with Gasteiger partial charge in [-0.25, -0.2) is 8.42 Å². The smallest absolute Gasteiger partial charge is 0.207 e. The van der Waals surface area contributed by atoms with Crippen LogP contribution in [0.4, 0.5) is 0 Å². The molecule has 0 amide bonds. The third kappa shape index (κ3) is 2.70. The van der Waals surface area contributed by atoms with Crippen molar-refractivity contribution in [1.29, 1.82) is 0 Å². The first-order chi connectivity index (χ1) is 10.0. The maximum absolute atomic E-state index is 13.1. The summed E-state index contributed by atoms with van der Waals surface area (Å²) in [5, 5.41) is 0.316. The van der Waals surface area contributed by atoms with E-state index < -0.39 is 10.0 Å². The summed E-state index contributed by atoms with van der Waals surface area (Å²) in [4.78, 5) is 0.253. The fourth-order valence-electron chi connectivity index (χ4n) is 4.62. The van der Waals surface area contributed by atoms with Crippen molar-refractivity contribution in [2.24, 2.45) is 10.8 Å². The summed E-state index contributed by atoms with van der Waals surface area (Å²) in [5.41, 5.74) is 1.19. The Bertz CT molecular complexity index is 713. The van der Waals surface area contributed by atoms with Gasteiger partial charge in [0.2, 0.25) is 10.0 Å². The zero-order valence-corrected chi connectivity index (χ0v) is 15.3. The SMILES string of the molecule is Cc1ccc(Cl)c(S(=O)(=O)N2CC3(C)CC2CC(C)(C)C3)c1. The number of aryl methyl sites for hydroxylation is 1. The molecule has 0 spiro atoms. The van der Waals surface area contributed by atoms with E-state index in [9.17, 15) is 8.42 Å². The molecule has 22 heavy (non-hydrogen) atoms. The zero-order valence-electron chi connectivity index (χ0n) is 13.7. The van der Waals surface area contributed by atoms with Gasteiger partial charge in [0.25, 0.3) is 0 Å². The molecule has 1 aliphatic heterocycles. The molecule has 3 nitrogen and oxygen atoms in total. The number of rotatable bonds is 2. The molecule has 1 saturated heterocycles. The predicted octanol–water partition coefficient (Wildman–Crippen LogP) is 4.24. The molecule has 1 heterocycles. The molecule has 2 fully saturated rings. The van der Waals surface area contributed by atoms with Crippen LogP contribution in [0, 0.1) is 17.8 Å². The van der Waals surface area contributed by atoms with Crippen molar-refractivity contribution in [3.05, 3.63) is 28.8 Å². The number of sulfonamides is 1. The lowest BCUT2D eigenvalue weighted by atomic mass is 9.65. The number of hydrogen-bond donors (Lipinski definition) is 0. The van der Waals surface area contributed by atoms with Crippen LogP contribution in [-0.4, -0.2) is 25.3 Å². The Labute approximate surface area is 138 Å². The van der Waals surface area contributed by atoms with Crippen molar-refractivity contribution in [3.8, 4) is 0 Å². The minimum absolute atomic E-state index is 0.0792. The van der Waals surface area contributed by atoms with E-state index in [2.05, 4.69) is 20.8 Å². The standard InChI is InChI=1S/C17H24ClNO2S/c1-12-5-6-14(18)15(7-12)22(20,21)19-11-17(4)9-13(19)8-16(2,3)10-17/h5-7,13H,8-11H2,1-4H3. The second kappa shape index (κ2) is 4.96. The van der Waals surface area contributed by atoms with E-state index >= 15 is 0 Å². The van der Waals surface area contributed by atoms with Crippen molar-refractivity contribution in [2.75, 3.05) is 6.54 Å². The summed E-state index contributed by atoms with van der Waals surface area (Å²) in [6.07, 6.45) is 2.95. The van der Waals surface area contributed by atoms with Gasteiger partial charge >= 0.3 is 0 Å². The Kier molecular flexibility index (Phi) is 3.67. The summed E-state index contributed by atoms with van der Waals surface area (Å²) >= 11 is 6.19. The molecule has 1 aromatic carbocycles. The van der Waals surface area contributed by atoms with Crippen LogP contribution in [0.5, 0.6) is 0 Å². The molecule has 2 bridgehead atoms. The average molecular weight is 342 g/mol. The molecule has 122 valence electrons. The summed E-state index contributed by atoms with van der Waals surface area (Å²) in [6, 6.07) is 5.30. The Balaban J connectivity index is 2.02. The number of halogens is 1. The minimum Gasteiger partial charge on any atom is -0.207 e. The largest absolute Gasteiger partial charge is 0.244 e. The van der Waals surface area contributed by atoms with Crippen LogP contribution in [0.3, 0.4) is 0 Å². The van der Waals surface area contributed by atoms with Crippen LogP contribution in [-0.2, 0) is 10.0 Å². The van der Waals surface area contributed by atoms with Crippen molar-refractivity contribution < 1.29 is 8.42 Å². The van der Waals surface area contributed by atoms with Crippen LogP contribution >= 0.6 is 11.6 Å². The van der Waals surface area contributed by atoms with Gasteiger partial charge in [-0.3, -0.25) is 0 Å². The van der Waals surface area contributed by atoms with E-state index in [0.717, 1.165) is 24.8 Å². The topological polar surface area (TPSA) is 37.4 Å². The molecule has 2 unspecified atom stereocenters. The van der Waals surface area contributed by atoms with E-state index in [-0.39, 0.29) is 21.8 Å². The quantitative estimate of drug-likeness (QED) is 0.806. The van der Waals surface area contributed by atoms with E-state index in [0.29, 0.717) is 11.6 Å². The second-order valence-electron chi connectivity index (χ2n) is 8.20. The Morgan fingerprint density at radius 2 is 1.91 bits per heavy atom. The summed E-state index contributed by atoms with van der Waals surface area (Å²) in [5.74, 6) is 0. The maximum Gasteiger partial charge on any atom is 0.244 e. The molecule has 0 N–H and O–H groups in total. The lowest BCUT2D eigenvalue weighted by Crippen LogP contribution is -2.37. The highest BCUT2D eigenvalue weighted by Gasteiger charge is 2.53. The average Bonchev–Trinajstić information content (AvgIpc) is 2.62. The van der Waals surface area contributed by atoms with Crippen molar-refractivity contribution in [2.45, 2.75) is 57.9 Å². The third-order valence-corrected chi connectivity index (χ3v) is 7.42. The fraction of sp³-hybridized carbons (Fsp3) is 0.647. The summed E-state index contributed by atoms with van der Waals surface area (Å²) in [6.45, 7) is 9.20. The number of fused-ring (bicyclic) bond motifs is 2. The normalized spacial score (nSPS) is 31.4. The van der Waals surface area contributed by atoms with Gasteiger partial charge in [-0.2, -0.15) is 4.31 Å². The summed E-state index contributed by atoms with van der Waals surface area (Å²) in [7, 11) is -3.53. The van der Waals surface area contributed by atoms with Gasteiger partial charge in [-0.15, -0.1) is 0 Å². The molecule has 1 aromatic rings. The Hall–Kier alpha value is -0.580. The van der Waals surface area contributed by atoms with Gasteiger partial charge in [0.1, 0.15) is 4.90 Å². The molecule has 3 rings (SSSR count). The molecule has 0 radical (unpaired) electrons. The Morgan fingerprint density at radius 1 is 1.23 bits per heavy atom. The van der Waals surface area contributed by atoms with Crippen molar-refractivity contribution >= 4 is 21.6 Å². The van der Waals surface area contributed by atoms with E-state index in [1.807, 2.05) is 13.0 Å². The predicted molar refractivity (Wildman–Crippen MR) is 89.6 cm³/mol. The van der Waals surface area contributed by atoms with Gasteiger partial charge in [0.05, 0.1) is 5.02 Å². The van der Waals surface area contributed by atoms with E-state index in [1.165, 1.54) is 0 Å². The highest BCUT2D eigenvalue weighted by Crippen LogP contribution is 2.53. The molecule has 0 aromatic heterocycles. The fourth-order valence-corrected chi connectivity index (χ4v) is 6.96. The number of nitrogens with zero attached hydrogens (tertiary/aromatic N) is 1. The highest BCUT2D eigenvalue weighted by molar-refractivity contribution is 7.89. The first kappa shape index (κ1) is 16.3. The molecule has 5 heteroatoms. The first-order valence-electron chi connectivity index (χ1n) is 7.81. The third-order valence-electron chi connectivity index (χ3n) is 5.04. The second-order valence-corrected chi connectivity index (χ2v) is 10.5. The zero-order chi connectivity index (χ0) is 16.3. The van der Waals surface area contributed by atoms with Gasteiger partial charge in [-0.1, -0.05) is 38.4 Å².